The molecule has 1 fully saturated rings. The zero-order chi connectivity index (χ0) is 30.4. The van der Waals surface area contributed by atoms with Crippen molar-refractivity contribution in [3.63, 3.8) is 0 Å². The summed E-state index contributed by atoms with van der Waals surface area (Å²) in [6.07, 6.45) is 2.08. The molecule has 3 atom stereocenters. The summed E-state index contributed by atoms with van der Waals surface area (Å²) in [6, 6.07) is 13.8. The number of ether oxygens (including phenoxy) is 3. The Morgan fingerprint density at radius 2 is 1.44 bits per heavy atom. The van der Waals surface area contributed by atoms with Crippen LogP contribution in [-0.4, -0.2) is 37.2 Å². The lowest BCUT2D eigenvalue weighted by Crippen LogP contribution is -2.49. The predicted octanol–water partition coefficient (Wildman–Crippen LogP) is 7.93. The number of hydrogen-bond acceptors (Lipinski definition) is 6. The third kappa shape index (κ3) is 7.85. The first-order chi connectivity index (χ1) is 19.3. The van der Waals surface area contributed by atoms with Crippen molar-refractivity contribution in [2.24, 2.45) is 16.7 Å². The lowest BCUT2D eigenvalue weighted by molar-refractivity contribution is -0.147. The van der Waals surface area contributed by atoms with E-state index < -0.39 is 5.41 Å². The monoisotopic (exact) mass is 564 g/mol. The quantitative estimate of drug-likeness (QED) is 0.193. The molecule has 0 saturated heterocycles. The van der Waals surface area contributed by atoms with Gasteiger partial charge < -0.3 is 14.2 Å². The summed E-state index contributed by atoms with van der Waals surface area (Å²) in [7, 11) is 0. The fourth-order valence-corrected chi connectivity index (χ4v) is 6.62. The number of Topliss-reactive ketones (excluding diaryl/α,β-unsaturated/α-hetero) is 3. The zero-order valence-corrected chi connectivity index (χ0v) is 26.2. The van der Waals surface area contributed by atoms with Crippen LogP contribution in [0.3, 0.4) is 0 Å². The van der Waals surface area contributed by atoms with E-state index in [2.05, 4.69) is 13.8 Å². The van der Waals surface area contributed by atoms with Gasteiger partial charge in [-0.15, -0.1) is 0 Å². The molecular formula is C35H48O6. The molecule has 1 unspecified atom stereocenters. The molecule has 1 aliphatic rings. The second-order valence-electron chi connectivity index (χ2n) is 12.4. The van der Waals surface area contributed by atoms with E-state index in [9.17, 15) is 14.4 Å². The summed E-state index contributed by atoms with van der Waals surface area (Å²) in [4.78, 5) is 39.4. The fraction of sp³-hybridized carbons (Fsp3) is 0.571. The zero-order valence-electron chi connectivity index (χ0n) is 26.2. The van der Waals surface area contributed by atoms with Gasteiger partial charge in [-0.05, 0) is 88.5 Å². The van der Waals surface area contributed by atoms with E-state index in [1.165, 1.54) is 6.92 Å². The average molecular weight is 565 g/mol. The van der Waals surface area contributed by atoms with Gasteiger partial charge in [-0.3, -0.25) is 14.4 Å². The fourth-order valence-electron chi connectivity index (χ4n) is 6.62. The number of benzene rings is 2. The van der Waals surface area contributed by atoms with Crippen LogP contribution < -0.4 is 9.47 Å². The van der Waals surface area contributed by atoms with E-state index in [1.807, 2.05) is 70.2 Å². The summed E-state index contributed by atoms with van der Waals surface area (Å²) in [5.74, 6) is 0.366. The Morgan fingerprint density at radius 3 is 1.90 bits per heavy atom. The second-order valence-corrected chi connectivity index (χ2v) is 12.4. The van der Waals surface area contributed by atoms with Crippen LogP contribution in [0.5, 0.6) is 11.5 Å². The number of rotatable bonds is 16. The third-order valence-corrected chi connectivity index (χ3v) is 8.54. The maximum Gasteiger partial charge on any atom is 0.167 e. The van der Waals surface area contributed by atoms with Crippen molar-refractivity contribution in [2.45, 2.75) is 93.1 Å². The van der Waals surface area contributed by atoms with Gasteiger partial charge in [-0.2, -0.15) is 0 Å². The van der Waals surface area contributed by atoms with Crippen LogP contribution in [0.15, 0.2) is 42.5 Å². The number of carbonyl (C=O) groups is 3. The molecule has 0 amide bonds. The maximum absolute atomic E-state index is 14.1. The van der Waals surface area contributed by atoms with Crippen molar-refractivity contribution < 1.29 is 28.6 Å². The van der Waals surface area contributed by atoms with Gasteiger partial charge in [0, 0.05) is 24.4 Å². The van der Waals surface area contributed by atoms with Gasteiger partial charge >= 0.3 is 0 Å². The van der Waals surface area contributed by atoms with E-state index in [0.29, 0.717) is 43.3 Å². The summed E-state index contributed by atoms with van der Waals surface area (Å²) < 4.78 is 18.0. The molecule has 6 nitrogen and oxygen atoms in total. The third-order valence-electron chi connectivity index (χ3n) is 8.54. The Kier molecular flexibility index (Phi) is 10.9. The van der Waals surface area contributed by atoms with Crippen LogP contribution >= 0.6 is 0 Å². The summed E-state index contributed by atoms with van der Waals surface area (Å²) >= 11 is 0. The van der Waals surface area contributed by atoms with Crippen LogP contribution in [0.2, 0.25) is 0 Å². The van der Waals surface area contributed by atoms with Crippen molar-refractivity contribution in [3.05, 3.63) is 59.2 Å². The minimum Gasteiger partial charge on any atom is -0.493 e. The molecule has 0 radical (unpaired) electrons. The van der Waals surface area contributed by atoms with Crippen molar-refractivity contribution in [1.29, 1.82) is 0 Å². The molecule has 3 rings (SSSR count). The van der Waals surface area contributed by atoms with Crippen molar-refractivity contribution in [3.8, 4) is 11.5 Å². The van der Waals surface area contributed by atoms with E-state index in [-0.39, 0.29) is 47.1 Å². The standard InChI is InChI=1S/C35H48O6/c1-9-39-31-18-28(19-32(40-10-2)33(31)24(4)36)23(3)29(16-17-41-25(5)27-14-12-11-13-15-27)30(38)20-35(26(6)37)21-34(7,8)22-35/h11-15,18-19,23,25,29H,9-10,16-17,20-22H2,1-8H3/t23-,25-,29?/m1/s1. The van der Waals surface area contributed by atoms with Crippen LogP contribution in [0.25, 0.3) is 0 Å². The molecule has 2 aromatic rings. The highest BCUT2D eigenvalue weighted by atomic mass is 16.5. The summed E-state index contributed by atoms with van der Waals surface area (Å²) in [6.45, 7) is 16.4. The summed E-state index contributed by atoms with van der Waals surface area (Å²) in [5.41, 5.74) is 1.82. The molecular weight excluding hydrogens is 516 g/mol. The first-order valence-corrected chi connectivity index (χ1v) is 15.0. The number of carbonyl (C=O) groups excluding carboxylic acids is 3. The van der Waals surface area contributed by atoms with E-state index >= 15 is 0 Å². The number of ketones is 3. The number of hydrogen-bond donors (Lipinski definition) is 0. The average Bonchev–Trinajstić information content (AvgIpc) is 2.89. The van der Waals surface area contributed by atoms with Crippen molar-refractivity contribution >= 4 is 17.3 Å². The Balaban J connectivity index is 1.94. The Bertz CT molecular complexity index is 1180. The van der Waals surface area contributed by atoms with Gasteiger partial charge in [0.05, 0.1) is 19.3 Å². The Labute approximate surface area is 246 Å². The first-order valence-electron chi connectivity index (χ1n) is 15.0. The highest BCUT2D eigenvalue weighted by molar-refractivity contribution is 6.00. The van der Waals surface area contributed by atoms with Gasteiger partial charge in [0.25, 0.3) is 0 Å². The molecule has 0 N–H and O–H groups in total. The largest absolute Gasteiger partial charge is 0.493 e. The molecule has 0 heterocycles. The Morgan fingerprint density at radius 1 is 0.878 bits per heavy atom. The van der Waals surface area contributed by atoms with E-state index in [0.717, 1.165) is 24.0 Å². The van der Waals surface area contributed by atoms with Gasteiger partial charge in [-0.25, -0.2) is 0 Å². The van der Waals surface area contributed by atoms with Gasteiger partial charge in [-0.1, -0.05) is 51.1 Å². The van der Waals surface area contributed by atoms with Crippen LogP contribution in [0, 0.1) is 16.7 Å². The lowest BCUT2D eigenvalue weighted by atomic mass is 9.51. The molecule has 41 heavy (non-hydrogen) atoms. The van der Waals surface area contributed by atoms with Gasteiger partial charge in [0.15, 0.2) is 5.78 Å². The summed E-state index contributed by atoms with van der Waals surface area (Å²) in [5, 5.41) is 0. The topological polar surface area (TPSA) is 78.9 Å². The predicted molar refractivity (Wildman–Crippen MR) is 162 cm³/mol. The smallest absolute Gasteiger partial charge is 0.167 e. The normalized spacial score (nSPS) is 17.6. The van der Waals surface area contributed by atoms with E-state index in [4.69, 9.17) is 14.2 Å². The molecule has 2 aromatic carbocycles. The minimum absolute atomic E-state index is 0.0581. The van der Waals surface area contributed by atoms with Crippen molar-refractivity contribution in [2.75, 3.05) is 19.8 Å². The van der Waals surface area contributed by atoms with Crippen LogP contribution in [0.1, 0.15) is 115 Å². The molecule has 0 aromatic heterocycles. The van der Waals surface area contributed by atoms with Crippen molar-refractivity contribution in [1.82, 2.24) is 0 Å². The minimum atomic E-state index is -0.595. The highest BCUT2D eigenvalue weighted by Crippen LogP contribution is 2.57. The second kappa shape index (κ2) is 13.8. The lowest BCUT2D eigenvalue weighted by Gasteiger charge is -2.52. The molecule has 1 saturated carbocycles. The SMILES string of the molecule is CCOc1cc([C@@H](C)C(CCO[C@H](C)c2ccccc2)C(=O)CC2(C(C)=O)CC(C)(C)C2)cc(OCC)c1C(C)=O. The molecule has 1 aliphatic carbocycles. The van der Waals surface area contributed by atoms with Crippen LogP contribution in [0.4, 0.5) is 0 Å². The van der Waals surface area contributed by atoms with Crippen LogP contribution in [-0.2, 0) is 14.3 Å². The first kappa shape index (κ1) is 32.5. The van der Waals surface area contributed by atoms with Gasteiger partial charge in [0.2, 0.25) is 0 Å². The molecule has 0 spiro atoms. The molecule has 0 aliphatic heterocycles. The maximum atomic E-state index is 14.1. The van der Waals surface area contributed by atoms with Gasteiger partial charge in [0.1, 0.15) is 28.6 Å². The van der Waals surface area contributed by atoms with E-state index in [1.54, 1.807) is 6.92 Å². The molecule has 6 heteroatoms. The highest BCUT2D eigenvalue weighted by Gasteiger charge is 2.53. The Hall–Kier alpha value is -2.99. The molecule has 0 bridgehead atoms. The molecule has 224 valence electrons.